The van der Waals surface area contributed by atoms with Crippen molar-refractivity contribution in [3.05, 3.63) is 67.3 Å². The molecule has 2 aromatic carbocycles. The molecule has 1 atom stereocenters. The van der Waals surface area contributed by atoms with Gasteiger partial charge in [0.1, 0.15) is 5.82 Å². The summed E-state index contributed by atoms with van der Waals surface area (Å²) in [4.78, 5) is 0. The number of nitrogens with one attached hydrogen (secondary N) is 1. The van der Waals surface area contributed by atoms with Crippen molar-refractivity contribution in [1.29, 1.82) is 0 Å². The van der Waals surface area contributed by atoms with Crippen molar-refractivity contribution in [1.82, 2.24) is 5.32 Å². The molecule has 1 N–H and O–H groups in total. The molecule has 0 aliphatic rings. The predicted octanol–water partition coefficient (Wildman–Crippen LogP) is 5.51. The third kappa shape index (κ3) is 3.82. The van der Waals surface area contributed by atoms with E-state index in [1.54, 1.807) is 12.1 Å². The maximum Gasteiger partial charge on any atom is 0.126 e. The summed E-state index contributed by atoms with van der Waals surface area (Å²) in [5.74, 6) is -0.235. The second-order valence-electron chi connectivity index (χ2n) is 4.45. The van der Waals surface area contributed by atoms with Gasteiger partial charge in [-0.1, -0.05) is 43.5 Å². The normalized spacial score (nSPS) is 12.4. The lowest BCUT2D eigenvalue weighted by Gasteiger charge is -2.19. The summed E-state index contributed by atoms with van der Waals surface area (Å²) >= 11 is 12.9. The quantitative estimate of drug-likeness (QED) is 0.687. The largest absolute Gasteiger partial charge is 0.313 e. The molecule has 1 nitrogen and oxygen atoms in total. The van der Waals surface area contributed by atoms with Crippen LogP contribution in [0.25, 0.3) is 0 Å². The zero-order valence-corrected chi connectivity index (χ0v) is 14.7. The van der Waals surface area contributed by atoms with Crippen LogP contribution in [0.1, 0.15) is 17.2 Å². The molecule has 0 aliphatic carbocycles. The zero-order valence-electron chi connectivity index (χ0n) is 10.8. The predicted molar refractivity (Wildman–Crippen MR) is 88.8 cm³/mol. The second kappa shape index (κ2) is 7.03. The summed E-state index contributed by atoms with van der Waals surface area (Å²) in [7, 11) is 1.86. The Morgan fingerprint density at radius 1 is 1.20 bits per heavy atom. The van der Waals surface area contributed by atoms with Crippen LogP contribution in [0.5, 0.6) is 0 Å². The van der Waals surface area contributed by atoms with Gasteiger partial charge in [-0.2, -0.15) is 0 Å². The van der Waals surface area contributed by atoms with Crippen LogP contribution in [0.15, 0.2) is 45.3 Å². The van der Waals surface area contributed by atoms with Gasteiger partial charge in [-0.05, 0) is 61.0 Å². The molecule has 2 rings (SSSR count). The van der Waals surface area contributed by atoms with Gasteiger partial charge < -0.3 is 5.32 Å². The van der Waals surface area contributed by atoms with E-state index in [9.17, 15) is 4.39 Å². The van der Waals surface area contributed by atoms with Crippen molar-refractivity contribution < 1.29 is 4.39 Å². The number of halogens is 4. The van der Waals surface area contributed by atoms with E-state index in [0.717, 1.165) is 14.5 Å². The van der Waals surface area contributed by atoms with Crippen molar-refractivity contribution in [2.24, 2.45) is 0 Å². The average Bonchev–Trinajstić information content (AvgIpc) is 2.42. The number of benzene rings is 2. The van der Waals surface area contributed by atoms with Crippen LogP contribution >= 0.6 is 43.5 Å². The van der Waals surface area contributed by atoms with E-state index in [0.29, 0.717) is 17.0 Å². The fraction of sp³-hybridized carbons (Fsp3) is 0.200. The van der Waals surface area contributed by atoms with Crippen molar-refractivity contribution in [2.45, 2.75) is 12.5 Å². The number of hydrogen-bond donors (Lipinski definition) is 1. The fourth-order valence-corrected chi connectivity index (χ4v) is 3.17. The molecular formula is C15H13Br2ClFN. The molecule has 0 saturated heterocycles. The van der Waals surface area contributed by atoms with Gasteiger partial charge >= 0.3 is 0 Å². The molecule has 0 aromatic heterocycles. The van der Waals surface area contributed by atoms with Crippen LogP contribution in [0.4, 0.5) is 4.39 Å². The molecule has 5 heteroatoms. The fourth-order valence-electron chi connectivity index (χ4n) is 2.07. The summed E-state index contributed by atoms with van der Waals surface area (Å²) in [6.07, 6.45) is 0.526. The molecule has 0 heterocycles. The standard InChI is InChI=1S/C15H13Br2ClFN/c1-20-15(12-8-10(16)2-4-13(12)17)7-9-6-11(18)3-5-14(9)19/h2-6,8,15,20H,7H2,1H3. The monoisotopic (exact) mass is 419 g/mol. The summed E-state index contributed by atoms with van der Waals surface area (Å²) < 4.78 is 15.8. The van der Waals surface area contributed by atoms with Crippen molar-refractivity contribution in [3.63, 3.8) is 0 Å². The highest BCUT2D eigenvalue weighted by Gasteiger charge is 2.16. The first-order valence-corrected chi connectivity index (χ1v) is 8.04. The molecule has 2 aromatic rings. The maximum absolute atomic E-state index is 13.9. The minimum Gasteiger partial charge on any atom is -0.313 e. The molecule has 20 heavy (non-hydrogen) atoms. The number of hydrogen-bond acceptors (Lipinski definition) is 1. The molecule has 1 unspecified atom stereocenters. The summed E-state index contributed by atoms with van der Waals surface area (Å²) in [6.45, 7) is 0. The van der Waals surface area contributed by atoms with Gasteiger partial charge in [0, 0.05) is 20.0 Å². The lowest BCUT2D eigenvalue weighted by atomic mass is 9.99. The molecule has 106 valence electrons. The van der Waals surface area contributed by atoms with Crippen LogP contribution in [-0.2, 0) is 6.42 Å². The summed E-state index contributed by atoms with van der Waals surface area (Å²) in [5, 5.41) is 3.77. The molecule has 0 spiro atoms. The van der Waals surface area contributed by atoms with E-state index >= 15 is 0 Å². The molecule has 0 saturated carbocycles. The van der Waals surface area contributed by atoms with E-state index in [1.165, 1.54) is 6.07 Å². The molecule has 0 amide bonds. The van der Waals surface area contributed by atoms with Crippen LogP contribution < -0.4 is 5.32 Å². The first-order valence-electron chi connectivity index (χ1n) is 6.07. The van der Waals surface area contributed by atoms with E-state index < -0.39 is 0 Å². The highest BCUT2D eigenvalue weighted by atomic mass is 79.9. The van der Waals surface area contributed by atoms with E-state index in [2.05, 4.69) is 37.2 Å². The lowest BCUT2D eigenvalue weighted by molar-refractivity contribution is 0.553. The van der Waals surface area contributed by atoms with Crippen molar-refractivity contribution in [3.8, 4) is 0 Å². The third-order valence-electron chi connectivity index (χ3n) is 3.11. The minimum absolute atomic E-state index is 0.00478. The Hall–Kier alpha value is -0.420. The highest BCUT2D eigenvalue weighted by molar-refractivity contribution is 9.11. The van der Waals surface area contributed by atoms with Crippen LogP contribution in [-0.4, -0.2) is 7.05 Å². The summed E-state index contributed by atoms with van der Waals surface area (Å²) in [5.41, 5.74) is 1.67. The Kier molecular flexibility index (Phi) is 5.61. The minimum atomic E-state index is -0.235. The second-order valence-corrected chi connectivity index (χ2v) is 6.65. The maximum atomic E-state index is 13.9. The zero-order chi connectivity index (χ0) is 14.7. The average molecular weight is 422 g/mol. The Morgan fingerprint density at radius 3 is 2.65 bits per heavy atom. The van der Waals surface area contributed by atoms with Gasteiger partial charge in [-0.15, -0.1) is 0 Å². The van der Waals surface area contributed by atoms with Crippen molar-refractivity contribution >= 4 is 43.5 Å². The Bertz CT molecular complexity index is 619. The van der Waals surface area contributed by atoms with Crippen molar-refractivity contribution in [2.75, 3.05) is 7.05 Å². The van der Waals surface area contributed by atoms with Gasteiger partial charge in [0.05, 0.1) is 0 Å². The molecule has 0 fully saturated rings. The Labute approximate surface area is 139 Å². The molecule has 0 radical (unpaired) electrons. The number of likely N-dealkylation sites (N-methyl/N-ethyl adjacent to an activating group) is 1. The Morgan fingerprint density at radius 2 is 1.95 bits per heavy atom. The van der Waals surface area contributed by atoms with Crippen LogP contribution in [0.3, 0.4) is 0 Å². The van der Waals surface area contributed by atoms with E-state index in [1.807, 2.05) is 25.2 Å². The number of rotatable bonds is 4. The SMILES string of the molecule is CNC(Cc1cc(Cl)ccc1F)c1cc(Br)ccc1Br. The van der Waals surface area contributed by atoms with Gasteiger partial charge in [0.2, 0.25) is 0 Å². The first kappa shape index (κ1) is 16.0. The van der Waals surface area contributed by atoms with E-state index in [4.69, 9.17) is 11.6 Å². The molecular weight excluding hydrogens is 408 g/mol. The Balaban J connectivity index is 2.33. The highest BCUT2D eigenvalue weighted by Crippen LogP contribution is 2.30. The smallest absolute Gasteiger partial charge is 0.126 e. The lowest BCUT2D eigenvalue weighted by Crippen LogP contribution is -2.20. The molecule has 0 bridgehead atoms. The van der Waals surface area contributed by atoms with Gasteiger partial charge in [-0.25, -0.2) is 4.39 Å². The topological polar surface area (TPSA) is 12.0 Å². The first-order chi connectivity index (χ1) is 9.51. The molecule has 0 aliphatic heterocycles. The van der Waals surface area contributed by atoms with Crippen LogP contribution in [0, 0.1) is 5.82 Å². The van der Waals surface area contributed by atoms with Gasteiger partial charge in [-0.3, -0.25) is 0 Å². The van der Waals surface area contributed by atoms with Crippen LogP contribution in [0.2, 0.25) is 5.02 Å². The summed E-state index contributed by atoms with van der Waals surface area (Å²) in [6, 6.07) is 10.6. The van der Waals surface area contributed by atoms with E-state index in [-0.39, 0.29) is 11.9 Å². The van der Waals surface area contributed by atoms with Gasteiger partial charge in [0.25, 0.3) is 0 Å². The van der Waals surface area contributed by atoms with Gasteiger partial charge in [0.15, 0.2) is 0 Å². The third-order valence-corrected chi connectivity index (χ3v) is 4.56.